The van der Waals surface area contributed by atoms with Gasteiger partial charge in [-0.3, -0.25) is 4.79 Å². The van der Waals surface area contributed by atoms with Gasteiger partial charge in [0.25, 0.3) is 0 Å². The molecule has 0 radical (unpaired) electrons. The molecule has 2 rings (SSSR count). The number of hydrogen-bond donors (Lipinski definition) is 2. The molecular weight excluding hydrogens is 380 g/mol. The van der Waals surface area contributed by atoms with Crippen LogP contribution in [0.5, 0.6) is 0 Å². The molecule has 0 spiro atoms. The molecule has 2 aromatic rings. The highest BCUT2D eigenvalue weighted by molar-refractivity contribution is 7.98. The van der Waals surface area contributed by atoms with Gasteiger partial charge in [-0.25, -0.2) is 13.1 Å². The molecule has 134 valence electrons. The molecule has 0 aliphatic carbocycles. The van der Waals surface area contributed by atoms with E-state index in [0.29, 0.717) is 17.1 Å². The lowest BCUT2D eigenvalue weighted by atomic mass is 10.2. The van der Waals surface area contributed by atoms with Gasteiger partial charge in [-0.1, -0.05) is 23.7 Å². The third kappa shape index (κ3) is 5.74. The van der Waals surface area contributed by atoms with E-state index in [4.69, 9.17) is 11.6 Å². The van der Waals surface area contributed by atoms with E-state index in [-0.39, 0.29) is 17.3 Å². The summed E-state index contributed by atoms with van der Waals surface area (Å²) >= 11 is 7.26. The van der Waals surface area contributed by atoms with Crippen LogP contribution in [0, 0.1) is 0 Å². The summed E-state index contributed by atoms with van der Waals surface area (Å²) in [6.45, 7) is 1.65. The Hall–Kier alpha value is -1.54. The van der Waals surface area contributed by atoms with E-state index < -0.39 is 10.0 Å². The van der Waals surface area contributed by atoms with Gasteiger partial charge in [0.05, 0.1) is 10.6 Å². The molecule has 2 N–H and O–H groups in total. The van der Waals surface area contributed by atoms with Gasteiger partial charge >= 0.3 is 0 Å². The zero-order chi connectivity index (χ0) is 18.4. The number of rotatable bonds is 7. The highest BCUT2D eigenvalue weighted by Crippen LogP contribution is 2.28. The largest absolute Gasteiger partial charge is 0.325 e. The second-order valence-electron chi connectivity index (χ2n) is 5.32. The second-order valence-corrected chi connectivity index (χ2v) is 8.37. The van der Waals surface area contributed by atoms with Crippen molar-refractivity contribution in [1.29, 1.82) is 0 Å². The Morgan fingerprint density at radius 3 is 2.44 bits per heavy atom. The van der Waals surface area contributed by atoms with Crippen LogP contribution in [0.1, 0.15) is 12.5 Å². The number of carbonyl (C=O) groups is 1. The molecule has 0 fully saturated rings. The van der Waals surface area contributed by atoms with E-state index in [1.165, 1.54) is 30.8 Å². The van der Waals surface area contributed by atoms with Gasteiger partial charge in [0.1, 0.15) is 0 Å². The zero-order valence-electron chi connectivity index (χ0n) is 13.9. The highest BCUT2D eigenvalue weighted by Gasteiger charge is 2.16. The predicted molar refractivity (Wildman–Crippen MR) is 103 cm³/mol. The molecular formula is C17H19ClN2O3S2. The lowest BCUT2D eigenvalue weighted by molar-refractivity contribution is -0.114. The van der Waals surface area contributed by atoms with E-state index in [9.17, 15) is 13.2 Å². The van der Waals surface area contributed by atoms with Gasteiger partial charge in [0.2, 0.25) is 15.9 Å². The predicted octanol–water partition coefficient (Wildman–Crippen LogP) is 3.54. The smallest absolute Gasteiger partial charge is 0.240 e. The van der Waals surface area contributed by atoms with Crippen LogP contribution in [0.25, 0.3) is 0 Å². The summed E-state index contributed by atoms with van der Waals surface area (Å²) in [6, 6.07) is 11.9. The summed E-state index contributed by atoms with van der Waals surface area (Å²) in [5, 5.41) is 3.30. The number of halogens is 1. The van der Waals surface area contributed by atoms with Crippen molar-refractivity contribution in [3.05, 3.63) is 53.1 Å². The standard InChI is InChI=1S/C17H19ClN2O3S2/c1-12(21)20-16-11-15(7-8-17(16)24-2)25(22,23)19-10-9-13-3-5-14(18)6-4-13/h3-8,11,19H,9-10H2,1-2H3,(H,20,21). The Balaban J connectivity index is 2.10. The van der Waals surface area contributed by atoms with Crippen molar-refractivity contribution in [3.63, 3.8) is 0 Å². The molecule has 0 aliphatic heterocycles. The molecule has 0 saturated heterocycles. The molecule has 0 unspecified atom stereocenters. The fourth-order valence-electron chi connectivity index (χ4n) is 2.21. The molecule has 0 heterocycles. The average Bonchev–Trinajstić information content (AvgIpc) is 2.56. The number of amides is 1. The number of sulfonamides is 1. The fourth-order valence-corrected chi connectivity index (χ4v) is 3.92. The third-order valence-electron chi connectivity index (χ3n) is 3.41. The van der Waals surface area contributed by atoms with Crippen molar-refractivity contribution in [2.75, 3.05) is 18.1 Å². The quantitative estimate of drug-likeness (QED) is 0.699. The zero-order valence-corrected chi connectivity index (χ0v) is 16.3. The Morgan fingerprint density at radius 1 is 1.16 bits per heavy atom. The highest BCUT2D eigenvalue weighted by atomic mass is 35.5. The van der Waals surface area contributed by atoms with Gasteiger partial charge in [-0.05, 0) is 48.6 Å². The van der Waals surface area contributed by atoms with Crippen molar-refractivity contribution in [1.82, 2.24) is 4.72 Å². The van der Waals surface area contributed by atoms with Crippen LogP contribution in [0.4, 0.5) is 5.69 Å². The van der Waals surface area contributed by atoms with Gasteiger partial charge in [-0.15, -0.1) is 11.8 Å². The van der Waals surface area contributed by atoms with Crippen LogP contribution >= 0.6 is 23.4 Å². The van der Waals surface area contributed by atoms with E-state index in [1.54, 1.807) is 18.2 Å². The lowest BCUT2D eigenvalue weighted by Gasteiger charge is -2.12. The van der Waals surface area contributed by atoms with E-state index >= 15 is 0 Å². The molecule has 0 aliphatic rings. The van der Waals surface area contributed by atoms with E-state index in [2.05, 4.69) is 10.0 Å². The summed E-state index contributed by atoms with van der Waals surface area (Å²) < 4.78 is 27.5. The molecule has 0 atom stereocenters. The summed E-state index contributed by atoms with van der Waals surface area (Å²) in [6.07, 6.45) is 2.41. The minimum absolute atomic E-state index is 0.116. The third-order valence-corrected chi connectivity index (χ3v) is 5.92. The monoisotopic (exact) mass is 398 g/mol. The van der Waals surface area contributed by atoms with Crippen LogP contribution in [0.3, 0.4) is 0 Å². The molecule has 8 heteroatoms. The van der Waals surface area contributed by atoms with Crippen LogP contribution in [-0.4, -0.2) is 27.1 Å². The van der Waals surface area contributed by atoms with Crippen LogP contribution in [0.15, 0.2) is 52.3 Å². The number of carbonyl (C=O) groups excluding carboxylic acids is 1. The maximum Gasteiger partial charge on any atom is 0.240 e. The van der Waals surface area contributed by atoms with Crippen molar-refractivity contribution in [3.8, 4) is 0 Å². The SMILES string of the molecule is CSc1ccc(S(=O)(=O)NCCc2ccc(Cl)cc2)cc1NC(C)=O. The molecule has 0 bridgehead atoms. The summed E-state index contributed by atoms with van der Waals surface area (Å²) in [5.41, 5.74) is 1.48. The van der Waals surface area contributed by atoms with E-state index in [0.717, 1.165) is 10.5 Å². The van der Waals surface area contributed by atoms with Crippen molar-refractivity contribution in [2.45, 2.75) is 23.1 Å². The van der Waals surface area contributed by atoms with Gasteiger partial charge in [-0.2, -0.15) is 0 Å². The molecule has 2 aromatic carbocycles. The molecule has 5 nitrogen and oxygen atoms in total. The maximum absolute atomic E-state index is 12.5. The Bertz CT molecular complexity index is 853. The van der Waals surface area contributed by atoms with Crippen molar-refractivity contribution in [2.24, 2.45) is 0 Å². The number of nitrogens with one attached hydrogen (secondary N) is 2. The Morgan fingerprint density at radius 2 is 1.84 bits per heavy atom. The summed E-state index contributed by atoms with van der Waals surface area (Å²) in [4.78, 5) is 12.2. The summed E-state index contributed by atoms with van der Waals surface area (Å²) in [7, 11) is -3.66. The number of anilines is 1. The first-order chi connectivity index (χ1) is 11.8. The topological polar surface area (TPSA) is 75.3 Å². The minimum atomic E-state index is -3.66. The maximum atomic E-state index is 12.5. The van der Waals surface area contributed by atoms with Gasteiger partial charge in [0, 0.05) is 23.4 Å². The normalized spacial score (nSPS) is 11.3. The van der Waals surface area contributed by atoms with Crippen LogP contribution in [-0.2, 0) is 21.2 Å². The molecule has 25 heavy (non-hydrogen) atoms. The Labute approximate surface area is 157 Å². The number of thioether (sulfide) groups is 1. The van der Waals surface area contributed by atoms with Crippen LogP contribution in [0.2, 0.25) is 5.02 Å². The number of hydrogen-bond acceptors (Lipinski definition) is 4. The molecule has 1 amide bonds. The van der Waals surface area contributed by atoms with Crippen molar-refractivity contribution < 1.29 is 13.2 Å². The lowest BCUT2D eigenvalue weighted by Crippen LogP contribution is -2.26. The fraction of sp³-hybridized carbons (Fsp3) is 0.235. The molecule has 0 saturated carbocycles. The average molecular weight is 399 g/mol. The van der Waals surface area contributed by atoms with Crippen LogP contribution < -0.4 is 10.0 Å². The Kier molecular flexibility index (Phi) is 6.89. The van der Waals surface area contributed by atoms with Crippen molar-refractivity contribution >= 4 is 45.0 Å². The first kappa shape index (κ1) is 19.8. The van der Waals surface area contributed by atoms with E-state index in [1.807, 2.05) is 18.4 Å². The first-order valence-corrected chi connectivity index (χ1v) is 10.6. The molecule has 0 aromatic heterocycles. The second kappa shape index (κ2) is 8.71. The van der Waals surface area contributed by atoms with Gasteiger partial charge < -0.3 is 5.32 Å². The summed E-state index contributed by atoms with van der Waals surface area (Å²) in [5.74, 6) is -0.249. The number of benzene rings is 2. The first-order valence-electron chi connectivity index (χ1n) is 7.51. The minimum Gasteiger partial charge on any atom is -0.325 e. The van der Waals surface area contributed by atoms with Gasteiger partial charge in [0.15, 0.2) is 0 Å².